The van der Waals surface area contributed by atoms with Gasteiger partial charge in [-0.05, 0) is 33.6 Å². The summed E-state index contributed by atoms with van der Waals surface area (Å²) in [4.78, 5) is 23.1. The van der Waals surface area contributed by atoms with Crippen LogP contribution in [0.2, 0.25) is 0 Å². The van der Waals surface area contributed by atoms with E-state index in [0.717, 1.165) is 0 Å². The van der Waals surface area contributed by atoms with Gasteiger partial charge in [-0.25, -0.2) is 0 Å². The summed E-state index contributed by atoms with van der Waals surface area (Å²) < 4.78 is 5.20. The predicted octanol–water partition coefficient (Wildman–Crippen LogP) is 1.08. The number of carbonyl (C=O) groups is 2. The molecule has 0 bridgehead atoms. The van der Waals surface area contributed by atoms with Crippen molar-refractivity contribution < 1.29 is 14.3 Å². The fourth-order valence-corrected chi connectivity index (χ4v) is 1.10. The first-order valence-electron chi connectivity index (χ1n) is 6.34. The molecule has 1 atom stereocenters. The largest absolute Gasteiger partial charge is 0.459 e. The maximum absolute atomic E-state index is 11.6. The first-order valence-corrected chi connectivity index (χ1v) is 6.34. The third-order valence-electron chi connectivity index (χ3n) is 2.04. The second kappa shape index (κ2) is 7.36. The Kier molecular flexibility index (Phi) is 6.91. The summed E-state index contributed by atoms with van der Waals surface area (Å²) in [5.74, 6) is -0.0458. The molecule has 1 unspecified atom stereocenters. The van der Waals surface area contributed by atoms with E-state index in [2.05, 4.69) is 10.6 Å². The minimum Gasteiger partial charge on any atom is -0.459 e. The molecule has 0 aliphatic rings. The average Bonchev–Trinajstić information content (AvgIpc) is 2.20. The van der Waals surface area contributed by atoms with Crippen molar-refractivity contribution in [1.82, 2.24) is 10.6 Å². The molecule has 0 radical (unpaired) electrons. The Morgan fingerprint density at radius 3 is 2.17 bits per heavy atom. The van der Waals surface area contributed by atoms with Crippen molar-refractivity contribution in [1.29, 1.82) is 0 Å². The van der Waals surface area contributed by atoms with Crippen molar-refractivity contribution >= 4 is 11.9 Å². The van der Waals surface area contributed by atoms with E-state index in [0.29, 0.717) is 12.5 Å². The summed E-state index contributed by atoms with van der Waals surface area (Å²) in [5.41, 5.74) is -0.507. The van der Waals surface area contributed by atoms with E-state index >= 15 is 0 Å². The van der Waals surface area contributed by atoms with E-state index in [1.165, 1.54) is 0 Å². The van der Waals surface area contributed by atoms with Crippen molar-refractivity contribution in [3.63, 3.8) is 0 Å². The summed E-state index contributed by atoms with van der Waals surface area (Å²) in [5, 5.41) is 5.61. The molecule has 0 saturated carbocycles. The number of amides is 1. The van der Waals surface area contributed by atoms with E-state index in [1.807, 2.05) is 34.6 Å². The normalized spacial score (nSPS) is 13.3. The van der Waals surface area contributed by atoms with Crippen molar-refractivity contribution in [2.24, 2.45) is 5.92 Å². The highest BCUT2D eigenvalue weighted by Crippen LogP contribution is 2.08. The van der Waals surface area contributed by atoms with Gasteiger partial charge in [-0.15, -0.1) is 0 Å². The molecule has 18 heavy (non-hydrogen) atoms. The van der Waals surface area contributed by atoms with Crippen LogP contribution >= 0.6 is 0 Å². The molecule has 0 aromatic heterocycles. The van der Waals surface area contributed by atoms with Crippen molar-refractivity contribution in [2.45, 2.75) is 53.2 Å². The Bertz CT molecular complexity index is 282. The quantitative estimate of drug-likeness (QED) is 0.700. The Labute approximate surface area is 110 Å². The van der Waals surface area contributed by atoms with Crippen LogP contribution in [0.3, 0.4) is 0 Å². The molecule has 106 valence electrons. The number of esters is 1. The molecule has 5 nitrogen and oxygen atoms in total. The summed E-state index contributed by atoms with van der Waals surface area (Å²) in [6.07, 6.45) is 0. The summed E-state index contributed by atoms with van der Waals surface area (Å²) in [6, 6.07) is -0.492. The van der Waals surface area contributed by atoms with Crippen LogP contribution in [0.15, 0.2) is 0 Å². The number of hydrogen-bond acceptors (Lipinski definition) is 4. The Morgan fingerprint density at radius 2 is 1.72 bits per heavy atom. The molecule has 5 heteroatoms. The van der Waals surface area contributed by atoms with Gasteiger partial charge in [-0.3, -0.25) is 14.9 Å². The Hall–Kier alpha value is -1.10. The molecule has 0 rings (SSSR count). The number of hydrogen-bond donors (Lipinski definition) is 2. The van der Waals surface area contributed by atoms with Crippen LogP contribution in [-0.2, 0) is 14.3 Å². The zero-order valence-electron chi connectivity index (χ0n) is 12.3. The predicted molar refractivity (Wildman–Crippen MR) is 71.2 cm³/mol. The lowest BCUT2D eigenvalue weighted by Gasteiger charge is -2.22. The minimum atomic E-state index is -0.507. The van der Waals surface area contributed by atoms with Gasteiger partial charge in [0.15, 0.2) is 0 Å². The fourth-order valence-electron chi connectivity index (χ4n) is 1.10. The smallest absolute Gasteiger partial charge is 0.323 e. The highest BCUT2D eigenvalue weighted by atomic mass is 16.6. The minimum absolute atomic E-state index is 0.112. The van der Waals surface area contributed by atoms with E-state index < -0.39 is 11.6 Å². The second-order valence-corrected chi connectivity index (χ2v) is 5.83. The van der Waals surface area contributed by atoms with Gasteiger partial charge < -0.3 is 10.1 Å². The van der Waals surface area contributed by atoms with Gasteiger partial charge in [0, 0.05) is 6.54 Å². The zero-order chi connectivity index (χ0) is 14.3. The van der Waals surface area contributed by atoms with E-state index in [1.54, 1.807) is 6.92 Å². The SMILES string of the molecule is CC(C)CNC(=O)CNC(C)C(=O)OC(C)(C)C. The molecule has 0 fully saturated rings. The molecular formula is C13H26N2O3. The Balaban J connectivity index is 3.92. The maximum atomic E-state index is 11.6. The molecule has 0 aromatic rings. The van der Waals surface area contributed by atoms with Gasteiger partial charge in [0.25, 0.3) is 0 Å². The lowest BCUT2D eigenvalue weighted by atomic mass is 10.2. The molecule has 0 aromatic carbocycles. The van der Waals surface area contributed by atoms with Crippen LogP contribution in [0.5, 0.6) is 0 Å². The van der Waals surface area contributed by atoms with Crippen molar-refractivity contribution in [2.75, 3.05) is 13.1 Å². The Morgan fingerprint density at radius 1 is 1.17 bits per heavy atom. The van der Waals surface area contributed by atoms with Gasteiger partial charge in [-0.1, -0.05) is 13.8 Å². The van der Waals surface area contributed by atoms with E-state index in [9.17, 15) is 9.59 Å². The summed E-state index contributed by atoms with van der Waals surface area (Å²) in [7, 11) is 0. The number of rotatable bonds is 6. The number of ether oxygens (including phenoxy) is 1. The first-order chi connectivity index (χ1) is 8.11. The summed E-state index contributed by atoms with van der Waals surface area (Å²) >= 11 is 0. The van der Waals surface area contributed by atoms with E-state index in [-0.39, 0.29) is 18.4 Å². The van der Waals surface area contributed by atoms with Gasteiger partial charge in [0.2, 0.25) is 5.91 Å². The summed E-state index contributed by atoms with van der Waals surface area (Å²) in [6.45, 7) is 11.9. The van der Waals surface area contributed by atoms with Crippen LogP contribution in [0.4, 0.5) is 0 Å². The molecule has 0 aliphatic heterocycles. The van der Waals surface area contributed by atoms with Gasteiger partial charge in [-0.2, -0.15) is 0 Å². The van der Waals surface area contributed by atoms with Crippen molar-refractivity contribution in [3.05, 3.63) is 0 Å². The van der Waals surface area contributed by atoms with Crippen molar-refractivity contribution in [3.8, 4) is 0 Å². The molecule has 0 heterocycles. The van der Waals surface area contributed by atoms with Crippen LogP contribution < -0.4 is 10.6 Å². The van der Waals surface area contributed by atoms with Crippen LogP contribution in [-0.4, -0.2) is 36.6 Å². The molecular weight excluding hydrogens is 232 g/mol. The number of nitrogens with one attached hydrogen (secondary N) is 2. The fraction of sp³-hybridized carbons (Fsp3) is 0.846. The van der Waals surface area contributed by atoms with Gasteiger partial charge in [0.05, 0.1) is 6.54 Å². The van der Waals surface area contributed by atoms with Gasteiger partial charge in [0.1, 0.15) is 11.6 Å². The first kappa shape index (κ1) is 16.9. The molecule has 1 amide bonds. The lowest BCUT2D eigenvalue weighted by Crippen LogP contribution is -2.44. The van der Waals surface area contributed by atoms with Gasteiger partial charge >= 0.3 is 5.97 Å². The third-order valence-corrected chi connectivity index (χ3v) is 2.04. The van der Waals surface area contributed by atoms with Crippen LogP contribution in [0, 0.1) is 5.92 Å². The topological polar surface area (TPSA) is 67.4 Å². The van der Waals surface area contributed by atoms with E-state index in [4.69, 9.17) is 4.74 Å². The maximum Gasteiger partial charge on any atom is 0.323 e. The monoisotopic (exact) mass is 258 g/mol. The zero-order valence-corrected chi connectivity index (χ0v) is 12.3. The highest BCUT2D eigenvalue weighted by molar-refractivity contribution is 5.80. The molecule has 0 spiro atoms. The highest BCUT2D eigenvalue weighted by Gasteiger charge is 2.21. The molecule has 2 N–H and O–H groups in total. The standard InChI is InChI=1S/C13H26N2O3/c1-9(2)7-15-11(16)8-14-10(3)12(17)18-13(4,5)6/h9-10,14H,7-8H2,1-6H3,(H,15,16). The second-order valence-electron chi connectivity index (χ2n) is 5.83. The number of carbonyl (C=O) groups excluding carboxylic acids is 2. The lowest BCUT2D eigenvalue weighted by molar-refractivity contribution is -0.156. The third kappa shape index (κ3) is 8.98. The molecule has 0 saturated heterocycles. The molecule has 0 aliphatic carbocycles. The van der Waals surface area contributed by atoms with Crippen LogP contribution in [0.1, 0.15) is 41.5 Å². The average molecular weight is 258 g/mol. The van der Waals surface area contributed by atoms with Crippen LogP contribution in [0.25, 0.3) is 0 Å².